The van der Waals surface area contributed by atoms with Gasteiger partial charge in [0.15, 0.2) is 0 Å². The van der Waals surface area contributed by atoms with Gasteiger partial charge < -0.3 is 15.8 Å². The van der Waals surface area contributed by atoms with Crippen LogP contribution in [0.4, 0.5) is 5.69 Å². The molecule has 0 unspecified atom stereocenters. The SMILES string of the molecule is NC(=S)c1ccc2c(c1)NCCO2. The zero-order valence-corrected chi connectivity index (χ0v) is 7.86. The van der Waals surface area contributed by atoms with E-state index in [0.717, 1.165) is 23.5 Å². The molecular formula is C9H10N2OS. The fourth-order valence-corrected chi connectivity index (χ4v) is 1.42. The minimum Gasteiger partial charge on any atom is -0.490 e. The first-order valence-electron chi connectivity index (χ1n) is 4.08. The van der Waals surface area contributed by atoms with Crippen molar-refractivity contribution in [3.63, 3.8) is 0 Å². The number of nitrogens with two attached hydrogens (primary N) is 1. The molecule has 1 aliphatic rings. The Balaban J connectivity index is 2.40. The summed E-state index contributed by atoms with van der Waals surface area (Å²) in [5, 5.41) is 3.22. The van der Waals surface area contributed by atoms with Crippen molar-refractivity contribution in [1.82, 2.24) is 0 Å². The van der Waals surface area contributed by atoms with Crippen molar-refractivity contribution in [1.29, 1.82) is 0 Å². The van der Waals surface area contributed by atoms with Crippen molar-refractivity contribution in [2.45, 2.75) is 0 Å². The normalized spacial score (nSPS) is 13.8. The summed E-state index contributed by atoms with van der Waals surface area (Å²) in [6.07, 6.45) is 0. The number of benzene rings is 1. The second-order valence-corrected chi connectivity index (χ2v) is 3.29. The van der Waals surface area contributed by atoms with Crippen LogP contribution in [-0.2, 0) is 0 Å². The first-order valence-corrected chi connectivity index (χ1v) is 4.49. The van der Waals surface area contributed by atoms with Crippen LogP contribution in [0.2, 0.25) is 0 Å². The van der Waals surface area contributed by atoms with E-state index in [9.17, 15) is 0 Å². The third-order valence-corrected chi connectivity index (χ3v) is 2.17. The maximum atomic E-state index is 5.51. The molecule has 13 heavy (non-hydrogen) atoms. The number of thiocarbonyl (C=S) groups is 1. The van der Waals surface area contributed by atoms with E-state index in [1.807, 2.05) is 18.2 Å². The van der Waals surface area contributed by atoms with E-state index in [0.29, 0.717) is 11.6 Å². The predicted octanol–water partition coefficient (Wildman–Crippen LogP) is 1.13. The maximum Gasteiger partial charge on any atom is 0.142 e. The molecule has 1 aliphatic heterocycles. The van der Waals surface area contributed by atoms with Crippen molar-refractivity contribution in [2.75, 3.05) is 18.5 Å². The number of hydrogen-bond donors (Lipinski definition) is 2. The quantitative estimate of drug-likeness (QED) is 0.658. The summed E-state index contributed by atoms with van der Waals surface area (Å²) in [4.78, 5) is 0.412. The Bertz CT molecular complexity index is 351. The molecule has 0 bridgehead atoms. The van der Waals surface area contributed by atoms with E-state index in [1.54, 1.807) is 0 Å². The highest BCUT2D eigenvalue weighted by Crippen LogP contribution is 2.27. The molecule has 0 saturated heterocycles. The highest BCUT2D eigenvalue weighted by molar-refractivity contribution is 7.80. The lowest BCUT2D eigenvalue weighted by Crippen LogP contribution is -2.19. The third kappa shape index (κ3) is 1.58. The van der Waals surface area contributed by atoms with Crippen molar-refractivity contribution in [2.24, 2.45) is 5.73 Å². The molecule has 0 aliphatic carbocycles. The summed E-state index contributed by atoms with van der Waals surface area (Å²) in [6.45, 7) is 1.53. The van der Waals surface area contributed by atoms with Crippen LogP contribution in [0.15, 0.2) is 18.2 Å². The van der Waals surface area contributed by atoms with Gasteiger partial charge in [0, 0.05) is 12.1 Å². The topological polar surface area (TPSA) is 47.3 Å². The first kappa shape index (κ1) is 8.31. The lowest BCUT2D eigenvalue weighted by molar-refractivity contribution is 0.323. The standard InChI is InChI=1S/C9H10N2OS/c10-9(13)6-1-2-8-7(5-6)11-3-4-12-8/h1-2,5,11H,3-4H2,(H2,10,13). The van der Waals surface area contributed by atoms with Gasteiger partial charge in [-0.05, 0) is 18.2 Å². The molecule has 1 aromatic rings. The van der Waals surface area contributed by atoms with Crippen molar-refractivity contribution in [3.8, 4) is 5.75 Å². The Morgan fingerprint density at radius 1 is 1.54 bits per heavy atom. The minimum atomic E-state index is 0.412. The summed E-state index contributed by atoms with van der Waals surface area (Å²) in [6, 6.07) is 5.67. The van der Waals surface area contributed by atoms with E-state index >= 15 is 0 Å². The highest BCUT2D eigenvalue weighted by atomic mass is 32.1. The second-order valence-electron chi connectivity index (χ2n) is 2.85. The molecule has 0 amide bonds. The van der Waals surface area contributed by atoms with Gasteiger partial charge in [0.05, 0.1) is 5.69 Å². The number of fused-ring (bicyclic) bond motifs is 1. The lowest BCUT2D eigenvalue weighted by atomic mass is 10.1. The summed E-state index contributed by atoms with van der Waals surface area (Å²) < 4.78 is 5.41. The largest absolute Gasteiger partial charge is 0.490 e. The molecule has 3 N–H and O–H groups in total. The smallest absolute Gasteiger partial charge is 0.142 e. The molecule has 0 spiro atoms. The molecular weight excluding hydrogens is 184 g/mol. The van der Waals surface area contributed by atoms with Crippen LogP contribution >= 0.6 is 12.2 Å². The van der Waals surface area contributed by atoms with E-state index < -0.39 is 0 Å². The molecule has 0 atom stereocenters. The average molecular weight is 194 g/mol. The number of anilines is 1. The van der Waals surface area contributed by atoms with Crippen LogP contribution in [0.25, 0.3) is 0 Å². The summed E-state index contributed by atoms with van der Waals surface area (Å²) >= 11 is 4.88. The summed E-state index contributed by atoms with van der Waals surface area (Å²) in [5.74, 6) is 0.867. The second kappa shape index (κ2) is 3.22. The summed E-state index contributed by atoms with van der Waals surface area (Å²) in [7, 11) is 0. The van der Waals surface area contributed by atoms with Crippen molar-refractivity contribution in [3.05, 3.63) is 23.8 Å². The van der Waals surface area contributed by atoms with Gasteiger partial charge in [-0.2, -0.15) is 0 Å². The van der Waals surface area contributed by atoms with Gasteiger partial charge in [-0.15, -0.1) is 0 Å². The van der Waals surface area contributed by atoms with E-state index in [-0.39, 0.29) is 0 Å². The zero-order chi connectivity index (χ0) is 9.26. The van der Waals surface area contributed by atoms with Crippen molar-refractivity contribution >= 4 is 22.9 Å². The average Bonchev–Trinajstić information content (AvgIpc) is 2.17. The molecule has 1 heterocycles. The summed E-state index contributed by atoms with van der Waals surface area (Å²) in [5.41, 5.74) is 7.35. The third-order valence-electron chi connectivity index (χ3n) is 1.94. The number of ether oxygens (including phenoxy) is 1. The Kier molecular flexibility index (Phi) is 2.06. The maximum absolute atomic E-state index is 5.51. The molecule has 0 fully saturated rings. The Morgan fingerprint density at radius 2 is 2.38 bits per heavy atom. The van der Waals surface area contributed by atoms with E-state index in [2.05, 4.69) is 5.32 Å². The van der Waals surface area contributed by atoms with Gasteiger partial charge in [-0.3, -0.25) is 0 Å². The molecule has 0 radical (unpaired) electrons. The van der Waals surface area contributed by atoms with Crippen LogP contribution in [0.3, 0.4) is 0 Å². The van der Waals surface area contributed by atoms with Crippen LogP contribution in [-0.4, -0.2) is 18.1 Å². The van der Waals surface area contributed by atoms with Crippen LogP contribution in [0.5, 0.6) is 5.75 Å². The van der Waals surface area contributed by atoms with Gasteiger partial charge in [-0.1, -0.05) is 12.2 Å². The Labute approximate surface area is 81.9 Å². The first-order chi connectivity index (χ1) is 6.27. The van der Waals surface area contributed by atoms with Gasteiger partial charge >= 0.3 is 0 Å². The molecule has 0 saturated carbocycles. The fourth-order valence-electron chi connectivity index (χ4n) is 1.29. The number of nitrogens with one attached hydrogen (secondary N) is 1. The molecule has 3 nitrogen and oxygen atoms in total. The molecule has 0 aromatic heterocycles. The number of hydrogen-bond acceptors (Lipinski definition) is 3. The van der Waals surface area contributed by atoms with E-state index in [4.69, 9.17) is 22.7 Å². The predicted molar refractivity (Wildman–Crippen MR) is 56.3 cm³/mol. The molecule has 68 valence electrons. The van der Waals surface area contributed by atoms with Crippen LogP contribution in [0, 0.1) is 0 Å². The lowest BCUT2D eigenvalue weighted by Gasteiger charge is -2.19. The molecule has 2 rings (SSSR count). The van der Waals surface area contributed by atoms with Gasteiger partial charge in [-0.25, -0.2) is 0 Å². The monoisotopic (exact) mass is 194 g/mol. The molecule has 1 aromatic carbocycles. The van der Waals surface area contributed by atoms with Crippen LogP contribution in [0.1, 0.15) is 5.56 Å². The van der Waals surface area contributed by atoms with Gasteiger partial charge in [0.2, 0.25) is 0 Å². The Morgan fingerprint density at radius 3 is 3.15 bits per heavy atom. The molecule has 4 heteroatoms. The van der Waals surface area contributed by atoms with Crippen LogP contribution < -0.4 is 15.8 Å². The minimum absolute atomic E-state index is 0.412. The number of rotatable bonds is 1. The van der Waals surface area contributed by atoms with Gasteiger partial charge in [0.1, 0.15) is 17.3 Å². The fraction of sp³-hybridized carbons (Fsp3) is 0.222. The highest BCUT2D eigenvalue weighted by Gasteiger charge is 2.09. The van der Waals surface area contributed by atoms with E-state index in [1.165, 1.54) is 0 Å². The van der Waals surface area contributed by atoms with Gasteiger partial charge in [0.25, 0.3) is 0 Å². The Hall–Kier alpha value is -1.29. The van der Waals surface area contributed by atoms with Crippen molar-refractivity contribution < 1.29 is 4.74 Å². The zero-order valence-electron chi connectivity index (χ0n) is 7.04.